The van der Waals surface area contributed by atoms with Gasteiger partial charge in [-0.1, -0.05) is 88.7 Å². The van der Waals surface area contributed by atoms with Crippen molar-refractivity contribution in [3.63, 3.8) is 0 Å². The molecule has 0 aliphatic carbocycles. The van der Waals surface area contributed by atoms with Crippen LogP contribution >= 0.6 is 0 Å². The molecule has 0 amide bonds. The van der Waals surface area contributed by atoms with Crippen LogP contribution in [-0.4, -0.2) is 85.4 Å². The highest BCUT2D eigenvalue weighted by atomic mass is 16.3. The summed E-state index contributed by atoms with van der Waals surface area (Å²) >= 11 is 0. The molecule has 41 heavy (non-hydrogen) atoms. The summed E-state index contributed by atoms with van der Waals surface area (Å²) in [5.41, 5.74) is 7.24. The largest absolute Gasteiger partial charge is 0.333 e. The van der Waals surface area contributed by atoms with Crippen molar-refractivity contribution in [2.24, 2.45) is 11.8 Å². The molecule has 2 heterocycles. The van der Waals surface area contributed by atoms with Gasteiger partial charge in [-0.25, -0.2) is 4.58 Å². The van der Waals surface area contributed by atoms with Crippen LogP contribution < -0.4 is 15.3 Å². The standard InChI is InChI=1S/C35H55N5O/c1-10-30-31(35(41)39(7)8)23-37-32(30)21-34(36-11-2)38-22-26(6)29-14-12-13-27(20-29)19-25(5)33-16-15-28(24(3)4)17-18-40(33)9/h12-17,20,23-26,33-36,38,41H,7,10-11,18-19,21-22H2,1-6,8-9H3/q+2. The molecule has 5 unspecified atom stereocenters. The molecule has 0 radical (unpaired) electrons. The van der Waals surface area contributed by atoms with Gasteiger partial charge in [-0.2, -0.15) is 0 Å². The fourth-order valence-electron chi connectivity index (χ4n) is 5.97. The molecule has 0 bridgehead atoms. The van der Waals surface area contributed by atoms with Crippen molar-refractivity contribution in [3.8, 4) is 0 Å². The van der Waals surface area contributed by atoms with Crippen LogP contribution in [0.15, 0.2) is 59.2 Å². The van der Waals surface area contributed by atoms with Crippen molar-refractivity contribution in [2.45, 2.75) is 85.2 Å². The van der Waals surface area contributed by atoms with E-state index in [0.29, 0.717) is 23.8 Å². The third-order valence-electron chi connectivity index (χ3n) is 8.56. The van der Waals surface area contributed by atoms with Crippen LogP contribution in [0.5, 0.6) is 0 Å². The Labute approximate surface area is 249 Å². The number of nitrogens with one attached hydrogen (secondary N) is 2. The van der Waals surface area contributed by atoms with E-state index in [1.807, 2.05) is 0 Å². The van der Waals surface area contributed by atoms with Gasteiger partial charge in [0.25, 0.3) is 6.23 Å². The Bertz CT molecular complexity index is 1200. The molecule has 1 aromatic rings. The lowest BCUT2D eigenvalue weighted by Crippen LogP contribution is -2.45. The molecule has 2 aliphatic heterocycles. The predicted molar refractivity (Wildman–Crippen MR) is 176 cm³/mol. The molecule has 3 N–H and O–H groups in total. The molecule has 6 nitrogen and oxygen atoms in total. The van der Waals surface area contributed by atoms with Gasteiger partial charge in [0.05, 0.1) is 18.2 Å². The quantitative estimate of drug-likeness (QED) is 0.129. The van der Waals surface area contributed by atoms with Gasteiger partial charge < -0.3 is 15.7 Å². The minimum atomic E-state index is -0.736. The first-order valence-electron chi connectivity index (χ1n) is 15.5. The number of nitrogens with zero attached hydrogens (tertiary/aromatic N) is 3. The number of aliphatic hydroxyl groups is 1. The maximum absolute atomic E-state index is 10.6. The first kappa shape index (κ1) is 32.9. The lowest BCUT2D eigenvalue weighted by molar-refractivity contribution is -0.563. The summed E-state index contributed by atoms with van der Waals surface area (Å²) in [7, 11) is 4.02. The lowest BCUT2D eigenvalue weighted by atomic mass is 9.90. The van der Waals surface area contributed by atoms with Gasteiger partial charge in [0.15, 0.2) is 0 Å². The Balaban J connectivity index is 1.62. The average Bonchev–Trinajstić information content (AvgIpc) is 3.23. The van der Waals surface area contributed by atoms with Crippen LogP contribution in [0.25, 0.3) is 0 Å². The summed E-state index contributed by atoms with van der Waals surface area (Å²) in [4.78, 5) is 2.47. The van der Waals surface area contributed by atoms with Crippen LogP contribution in [-0.2, 0) is 6.42 Å². The topological polar surface area (TPSA) is 64.6 Å². The summed E-state index contributed by atoms with van der Waals surface area (Å²) in [5, 5.41) is 17.9. The number of hydrogen-bond donors (Lipinski definition) is 3. The Kier molecular flexibility index (Phi) is 12.5. The maximum atomic E-state index is 10.6. The van der Waals surface area contributed by atoms with Crippen molar-refractivity contribution in [1.29, 1.82) is 0 Å². The third-order valence-corrected chi connectivity index (χ3v) is 8.56. The van der Waals surface area contributed by atoms with Crippen LogP contribution in [0.4, 0.5) is 0 Å². The minimum absolute atomic E-state index is 0.107. The van der Waals surface area contributed by atoms with E-state index in [2.05, 4.69) is 113 Å². The van der Waals surface area contributed by atoms with Gasteiger partial charge in [0, 0.05) is 19.1 Å². The molecule has 1 aromatic carbocycles. The summed E-state index contributed by atoms with van der Waals surface area (Å²) in [6, 6.07) is 9.59. The van der Waals surface area contributed by atoms with E-state index in [-0.39, 0.29) is 6.17 Å². The van der Waals surface area contributed by atoms with Crippen molar-refractivity contribution in [2.75, 3.05) is 33.7 Å². The second-order valence-electron chi connectivity index (χ2n) is 12.3. The molecule has 5 atom stereocenters. The smallest absolute Gasteiger partial charge is 0.310 e. The van der Waals surface area contributed by atoms with Gasteiger partial charge in [-0.3, -0.25) is 4.90 Å². The van der Waals surface area contributed by atoms with Crippen molar-refractivity contribution >= 4 is 18.6 Å². The van der Waals surface area contributed by atoms with Gasteiger partial charge in [-0.05, 0) is 60.9 Å². The van der Waals surface area contributed by atoms with Gasteiger partial charge in [0.2, 0.25) is 0 Å². The van der Waals surface area contributed by atoms with E-state index in [1.54, 1.807) is 17.8 Å². The lowest BCUT2D eigenvalue weighted by Gasteiger charge is -2.29. The zero-order valence-electron chi connectivity index (χ0n) is 26.8. The third kappa shape index (κ3) is 8.94. The van der Waals surface area contributed by atoms with E-state index in [9.17, 15) is 5.11 Å². The molecule has 0 saturated carbocycles. The van der Waals surface area contributed by atoms with E-state index >= 15 is 0 Å². The number of likely N-dealkylation sites (N-methyl/N-ethyl adjacent to an activating group) is 2. The molecule has 6 heteroatoms. The van der Waals surface area contributed by atoms with Crippen molar-refractivity contribution < 1.29 is 9.68 Å². The highest BCUT2D eigenvalue weighted by Crippen LogP contribution is 2.24. The molecular formula is C35H55N5O+2. The number of aliphatic hydroxyl groups excluding tert-OH is 1. The second kappa shape index (κ2) is 15.6. The Hall–Kier alpha value is -2.60. The predicted octanol–water partition coefficient (Wildman–Crippen LogP) is 4.30. The monoisotopic (exact) mass is 561 g/mol. The maximum Gasteiger partial charge on any atom is 0.310 e. The molecule has 224 valence electrons. The molecule has 0 spiro atoms. The fraction of sp³-hybridized carbons (Fsp3) is 0.571. The zero-order valence-corrected chi connectivity index (χ0v) is 26.8. The van der Waals surface area contributed by atoms with E-state index < -0.39 is 6.23 Å². The summed E-state index contributed by atoms with van der Waals surface area (Å²) in [5.74, 6) is 1.46. The first-order valence-corrected chi connectivity index (χ1v) is 15.5. The van der Waals surface area contributed by atoms with Crippen LogP contribution in [0.1, 0.15) is 71.4 Å². The summed E-state index contributed by atoms with van der Waals surface area (Å²) in [6.45, 7) is 20.1. The first-order chi connectivity index (χ1) is 19.5. The summed E-state index contributed by atoms with van der Waals surface area (Å²) in [6.07, 6.45) is 11.0. The number of allylic oxidation sites excluding steroid dienone is 3. The van der Waals surface area contributed by atoms with Crippen molar-refractivity contribution in [3.05, 3.63) is 70.3 Å². The highest BCUT2D eigenvalue weighted by molar-refractivity contribution is 6.10. The molecule has 2 aliphatic rings. The van der Waals surface area contributed by atoms with E-state index in [0.717, 1.165) is 55.8 Å². The van der Waals surface area contributed by atoms with Crippen LogP contribution in [0.3, 0.4) is 0 Å². The Morgan fingerprint density at radius 3 is 2.56 bits per heavy atom. The fourth-order valence-corrected chi connectivity index (χ4v) is 5.97. The van der Waals surface area contributed by atoms with Gasteiger partial charge in [0.1, 0.15) is 19.3 Å². The highest BCUT2D eigenvalue weighted by Gasteiger charge is 2.35. The number of rotatable bonds is 15. The second-order valence-corrected chi connectivity index (χ2v) is 12.3. The van der Waals surface area contributed by atoms with E-state index in [1.165, 1.54) is 16.7 Å². The number of hydrogen-bond acceptors (Lipinski definition) is 4. The Morgan fingerprint density at radius 1 is 1.15 bits per heavy atom. The van der Waals surface area contributed by atoms with Crippen LogP contribution in [0, 0.1) is 11.8 Å². The average molecular weight is 562 g/mol. The van der Waals surface area contributed by atoms with Crippen molar-refractivity contribution in [1.82, 2.24) is 20.2 Å². The molecule has 0 saturated heterocycles. The van der Waals surface area contributed by atoms with Gasteiger partial charge in [-0.15, -0.1) is 0 Å². The minimum Gasteiger partial charge on any atom is -0.333 e. The molecular weight excluding hydrogens is 506 g/mol. The van der Waals surface area contributed by atoms with Gasteiger partial charge >= 0.3 is 11.9 Å². The van der Waals surface area contributed by atoms with E-state index in [4.69, 9.17) is 4.67 Å². The molecule has 0 aromatic heterocycles. The van der Waals surface area contributed by atoms with Crippen LogP contribution in [0.2, 0.25) is 0 Å². The molecule has 3 rings (SSSR count). The normalized spacial score (nSPS) is 20.6. The zero-order chi connectivity index (χ0) is 30.1. The summed E-state index contributed by atoms with van der Waals surface area (Å²) < 4.78 is 6.26. The Morgan fingerprint density at radius 2 is 1.90 bits per heavy atom. The number of benzene rings is 1. The molecule has 0 fully saturated rings. The SMILES string of the molecule is C=[N+](C)C(O)C1=C(CC)C(CC(NCC)NCC(C)c2cccc(CC(C)C3C=CC(C(C)C)=CCN3C)c2)=[N+]=C1.